The minimum Gasteiger partial charge on any atom is -0.267 e. The number of rotatable bonds is 0. The van der Waals surface area contributed by atoms with E-state index in [-0.39, 0.29) is 0 Å². The molecular formula is C7H13NS. The Morgan fingerprint density at radius 1 is 1.44 bits per heavy atom. The van der Waals surface area contributed by atoms with Gasteiger partial charge in [0.1, 0.15) is 0 Å². The highest BCUT2D eigenvalue weighted by molar-refractivity contribution is 8.03. The molecule has 1 nitrogen and oxygen atoms in total. The van der Waals surface area contributed by atoms with Crippen LogP contribution in [0.4, 0.5) is 0 Å². The smallest absolute Gasteiger partial charge is 0.0414 e. The van der Waals surface area contributed by atoms with E-state index >= 15 is 0 Å². The Hall–Kier alpha value is -0.240. The first-order valence-electron chi connectivity index (χ1n) is 3.23. The molecule has 0 radical (unpaired) electrons. The van der Waals surface area contributed by atoms with E-state index in [9.17, 15) is 0 Å². The van der Waals surface area contributed by atoms with Crippen molar-refractivity contribution in [1.82, 2.24) is 0 Å². The van der Waals surface area contributed by atoms with Crippen LogP contribution in [-0.2, 0) is 0 Å². The number of thioether (sulfide) groups is 1. The van der Waals surface area contributed by atoms with Crippen molar-refractivity contribution in [2.45, 2.75) is 26.0 Å². The summed E-state index contributed by atoms with van der Waals surface area (Å²) in [7, 11) is 0. The average Bonchev–Trinajstić information content (AvgIpc) is 1.94. The highest BCUT2D eigenvalue weighted by Gasteiger charge is 1.95. The number of hydrogen-bond acceptors (Lipinski definition) is 2. The van der Waals surface area contributed by atoms with Gasteiger partial charge in [0.05, 0.1) is 0 Å². The van der Waals surface area contributed by atoms with Crippen LogP contribution < -0.4 is 0 Å². The Morgan fingerprint density at radius 2 is 2.11 bits per heavy atom. The molecule has 0 N–H and O–H groups in total. The average molecular weight is 143 g/mol. The van der Waals surface area contributed by atoms with Gasteiger partial charge in [0.25, 0.3) is 0 Å². The van der Waals surface area contributed by atoms with Crippen LogP contribution in [0.5, 0.6) is 0 Å². The Bertz CT molecular complexity index is 107. The normalized spacial score (nSPS) is 22.8. The summed E-state index contributed by atoms with van der Waals surface area (Å²) in [6.07, 6.45) is 3.75. The lowest BCUT2D eigenvalue weighted by Crippen LogP contribution is -1.96. The zero-order valence-electron chi connectivity index (χ0n) is 6.16. The maximum Gasteiger partial charge on any atom is 0.0414 e. The molecule has 1 heterocycles. The molecule has 1 rings (SSSR count). The van der Waals surface area contributed by atoms with Crippen molar-refractivity contribution < 1.29 is 0 Å². The Morgan fingerprint density at radius 3 is 2.33 bits per heavy atom. The van der Waals surface area contributed by atoms with Crippen LogP contribution in [0.15, 0.2) is 16.6 Å². The fourth-order valence-electron chi connectivity index (χ4n) is 0.400. The minimum atomic E-state index is 0.574. The van der Waals surface area contributed by atoms with E-state index < -0.39 is 0 Å². The zero-order chi connectivity index (χ0) is 7.11. The highest BCUT2D eigenvalue weighted by atomic mass is 32.2. The molecule has 1 aliphatic rings. The van der Waals surface area contributed by atoms with Crippen molar-refractivity contribution in [3.05, 3.63) is 11.6 Å². The third kappa shape index (κ3) is 4.28. The molecule has 1 atom stereocenters. The fraction of sp³-hybridized carbons (Fsp3) is 0.571. The first-order chi connectivity index (χ1) is 4.39. The van der Waals surface area contributed by atoms with Crippen LogP contribution in [0.2, 0.25) is 0 Å². The van der Waals surface area contributed by atoms with E-state index in [1.165, 1.54) is 0 Å². The molecular weight excluding hydrogens is 130 g/mol. The molecule has 2 heteroatoms. The lowest BCUT2D eigenvalue weighted by atomic mass is 10.5. The summed E-state index contributed by atoms with van der Waals surface area (Å²) in [5, 5.41) is 2.58. The van der Waals surface area contributed by atoms with E-state index in [1.807, 2.05) is 31.7 Å². The number of nitrogens with zero attached hydrogens (tertiary/aromatic N) is 1. The second-order valence-electron chi connectivity index (χ2n) is 1.42. The van der Waals surface area contributed by atoms with Gasteiger partial charge in [0.2, 0.25) is 0 Å². The second-order valence-corrected chi connectivity index (χ2v) is 2.71. The van der Waals surface area contributed by atoms with Crippen molar-refractivity contribution >= 4 is 18.0 Å². The largest absolute Gasteiger partial charge is 0.267 e. The molecule has 0 aromatic rings. The van der Waals surface area contributed by atoms with Crippen LogP contribution in [0.25, 0.3) is 0 Å². The summed E-state index contributed by atoms with van der Waals surface area (Å²) < 4.78 is 0. The first-order valence-corrected chi connectivity index (χ1v) is 4.17. The summed E-state index contributed by atoms with van der Waals surface area (Å²) in [5.41, 5.74) is 0. The Labute approximate surface area is 61.3 Å². The molecule has 0 fully saturated rings. The van der Waals surface area contributed by atoms with E-state index in [2.05, 4.69) is 11.9 Å². The number of aliphatic imine (C=N–C) groups is 1. The molecule has 0 aromatic carbocycles. The van der Waals surface area contributed by atoms with Gasteiger partial charge in [0.15, 0.2) is 0 Å². The zero-order valence-corrected chi connectivity index (χ0v) is 6.98. The van der Waals surface area contributed by atoms with Crippen molar-refractivity contribution in [3.63, 3.8) is 0 Å². The van der Waals surface area contributed by atoms with Gasteiger partial charge in [-0.25, -0.2) is 0 Å². The van der Waals surface area contributed by atoms with Gasteiger partial charge in [-0.3, -0.25) is 4.99 Å². The second kappa shape index (κ2) is 5.89. The van der Waals surface area contributed by atoms with Gasteiger partial charge in [-0.1, -0.05) is 13.8 Å². The SMILES string of the molecule is CC.CC1C=NC=CS1. The summed E-state index contributed by atoms with van der Waals surface area (Å²) >= 11 is 1.79. The summed E-state index contributed by atoms with van der Waals surface area (Å²) in [6, 6.07) is 0. The Balaban J connectivity index is 0.000000291. The van der Waals surface area contributed by atoms with Crippen molar-refractivity contribution in [3.8, 4) is 0 Å². The molecule has 0 saturated carbocycles. The van der Waals surface area contributed by atoms with E-state index in [4.69, 9.17) is 0 Å². The van der Waals surface area contributed by atoms with Crippen LogP contribution >= 0.6 is 11.8 Å². The molecule has 0 bridgehead atoms. The number of hydrogen-bond donors (Lipinski definition) is 0. The van der Waals surface area contributed by atoms with Crippen LogP contribution in [0.1, 0.15) is 20.8 Å². The third-order valence-electron chi connectivity index (χ3n) is 0.736. The van der Waals surface area contributed by atoms with Gasteiger partial charge >= 0.3 is 0 Å². The van der Waals surface area contributed by atoms with Gasteiger partial charge in [-0.15, -0.1) is 11.8 Å². The highest BCUT2D eigenvalue weighted by Crippen LogP contribution is 2.12. The predicted octanol–water partition coefficient (Wildman–Crippen LogP) is 2.69. The molecule has 0 amide bonds. The molecule has 1 aliphatic heterocycles. The lowest BCUT2D eigenvalue weighted by molar-refractivity contribution is 1.33. The quantitative estimate of drug-likeness (QED) is 0.508. The summed E-state index contributed by atoms with van der Waals surface area (Å²) in [5.74, 6) is 0. The maximum absolute atomic E-state index is 3.93. The molecule has 9 heavy (non-hydrogen) atoms. The van der Waals surface area contributed by atoms with Crippen LogP contribution in [-0.4, -0.2) is 11.5 Å². The van der Waals surface area contributed by atoms with Gasteiger partial charge in [0, 0.05) is 17.7 Å². The van der Waals surface area contributed by atoms with Crippen molar-refractivity contribution in [1.29, 1.82) is 0 Å². The summed E-state index contributed by atoms with van der Waals surface area (Å²) in [6.45, 7) is 6.12. The van der Waals surface area contributed by atoms with Crippen LogP contribution in [0, 0.1) is 0 Å². The minimum absolute atomic E-state index is 0.574. The van der Waals surface area contributed by atoms with E-state index in [0.717, 1.165) is 0 Å². The molecule has 52 valence electrons. The first kappa shape index (κ1) is 8.76. The third-order valence-corrected chi connectivity index (χ3v) is 1.57. The standard InChI is InChI=1S/C5H7NS.C2H6/c1-5-4-6-2-3-7-5;1-2/h2-5H,1H3;1-2H3. The van der Waals surface area contributed by atoms with Gasteiger partial charge in [-0.05, 0) is 12.3 Å². The van der Waals surface area contributed by atoms with Crippen molar-refractivity contribution in [2.75, 3.05) is 0 Å². The molecule has 0 spiro atoms. The van der Waals surface area contributed by atoms with Crippen molar-refractivity contribution in [2.24, 2.45) is 4.99 Å². The summed E-state index contributed by atoms with van der Waals surface area (Å²) in [4.78, 5) is 3.93. The topological polar surface area (TPSA) is 12.4 Å². The molecule has 1 unspecified atom stereocenters. The van der Waals surface area contributed by atoms with Gasteiger partial charge < -0.3 is 0 Å². The van der Waals surface area contributed by atoms with Crippen LogP contribution in [0.3, 0.4) is 0 Å². The van der Waals surface area contributed by atoms with E-state index in [0.29, 0.717) is 5.25 Å². The predicted molar refractivity (Wildman–Crippen MR) is 46.0 cm³/mol. The molecule has 0 saturated heterocycles. The lowest BCUT2D eigenvalue weighted by Gasteiger charge is -2.00. The molecule has 0 aromatic heterocycles. The Kier molecular flexibility index (Phi) is 5.73. The van der Waals surface area contributed by atoms with E-state index in [1.54, 1.807) is 11.8 Å². The van der Waals surface area contributed by atoms with Gasteiger partial charge in [-0.2, -0.15) is 0 Å². The fourth-order valence-corrected chi connectivity index (χ4v) is 0.929. The monoisotopic (exact) mass is 143 g/mol. The maximum atomic E-state index is 3.93. The molecule has 0 aliphatic carbocycles.